The van der Waals surface area contributed by atoms with Crippen LogP contribution in [0.1, 0.15) is 29.6 Å². The van der Waals surface area contributed by atoms with Crippen LogP contribution in [-0.4, -0.2) is 47.3 Å². The zero-order valence-electron chi connectivity index (χ0n) is 17.5. The molecule has 1 aliphatic heterocycles. The first kappa shape index (κ1) is 20.7. The number of rotatable bonds is 6. The number of hydrogen-bond acceptors (Lipinski definition) is 4. The lowest BCUT2D eigenvalue weighted by Gasteiger charge is -2.25. The maximum atomic E-state index is 13.0. The Morgan fingerprint density at radius 1 is 0.968 bits per heavy atom. The number of aromatic nitrogens is 1. The number of ketones is 1. The molecule has 0 unspecified atom stereocenters. The molecule has 31 heavy (non-hydrogen) atoms. The molecule has 2 aromatic carbocycles. The molecule has 0 aliphatic carbocycles. The van der Waals surface area contributed by atoms with Crippen LogP contribution in [0.4, 0.5) is 5.69 Å². The molecule has 1 aliphatic rings. The van der Waals surface area contributed by atoms with Gasteiger partial charge >= 0.3 is 0 Å². The van der Waals surface area contributed by atoms with Gasteiger partial charge in [-0.15, -0.1) is 0 Å². The molecule has 2 amide bonds. The predicted molar refractivity (Wildman–Crippen MR) is 118 cm³/mol. The number of anilines is 1. The fourth-order valence-corrected chi connectivity index (χ4v) is 3.94. The Kier molecular flexibility index (Phi) is 6.02. The second kappa shape index (κ2) is 9.04. The Bertz CT molecular complexity index is 1110. The van der Waals surface area contributed by atoms with Crippen molar-refractivity contribution in [2.75, 3.05) is 25.5 Å². The van der Waals surface area contributed by atoms with Crippen LogP contribution in [-0.2, 0) is 16.1 Å². The van der Waals surface area contributed by atoms with E-state index < -0.39 is 11.7 Å². The van der Waals surface area contributed by atoms with Gasteiger partial charge in [0.2, 0.25) is 5.91 Å². The maximum absolute atomic E-state index is 13.0. The molecule has 0 spiro atoms. The van der Waals surface area contributed by atoms with E-state index in [4.69, 9.17) is 4.74 Å². The second-order valence-corrected chi connectivity index (χ2v) is 7.65. The smallest absolute Gasteiger partial charge is 0.295 e. The molecule has 3 aromatic rings. The highest BCUT2D eigenvalue weighted by Gasteiger charge is 2.27. The second-order valence-electron chi connectivity index (χ2n) is 7.65. The fraction of sp³-hybridized carbons (Fsp3) is 0.292. The molecule has 1 aromatic heterocycles. The van der Waals surface area contributed by atoms with E-state index >= 15 is 0 Å². The number of carbonyl (C=O) groups is 3. The lowest BCUT2D eigenvalue weighted by atomic mass is 10.1. The molecule has 160 valence electrons. The van der Waals surface area contributed by atoms with E-state index in [1.165, 1.54) is 0 Å². The molecule has 0 radical (unpaired) electrons. The SMILES string of the molecule is COc1ccc(NC(=O)Cn2cc(C(=O)C(=O)N3CCCCC3)c3ccccc32)cc1. The van der Waals surface area contributed by atoms with E-state index in [0.29, 0.717) is 35.5 Å². The van der Waals surface area contributed by atoms with Gasteiger partial charge in [0.05, 0.1) is 12.7 Å². The zero-order valence-corrected chi connectivity index (χ0v) is 17.5. The topological polar surface area (TPSA) is 80.6 Å². The van der Waals surface area contributed by atoms with Crippen molar-refractivity contribution in [2.24, 2.45) is 0 Å². The Morgan fingerprint density at radius 2 is 1.68 bits per heavy atom. The van der Waals surface area contributed by atoms with Crippen molar-refractivity contribution in [1.29, 1.82) is 0 Å². The molecule has 0 bridgehead atoms. The van der Waals surface area contributed by atoms with Crippen LogP contribution < -0.4 is 10.1 Å². The number of carbonyl (C=O) groups excluding carboxylic acids is 3. The third-order valence-electron chi connectivity index (χ3n) is 5.56. The van der Waals surface area contributed by atoms with Crippen molar-refractivity contribution in [3.8, 4) is 5.75 Å². The minimum atomic E-state index is -0.521. The lowest BCUT2D eigenvalue weighted by molar-refractivity contribution is -0.127. The summed E-state index contributed by atoms with van der Waals surface area (Å²) >= 11 is 0. The highest BCUT2D eigenvalue weighted by molar-refractivity contribution is 6.44. The van der Waals surface area contributed by atoms with Crippen LogP contribution in [0.5, 0.6) is 5.75 Å². The number of para-hydroxylation sites is 1. The molecular formula is C24H25N3O4. The minimum Gasteiger partial charge on any atom is -0.497 e. The number of methoxy groups -OCH3 is 1. The van der Waals surface area contributed by atoms with Gasteiger partial charge in [-0.2, -0.15) is 0 Å². The Morgan fingerprint density at radius 3 is 2.39 bits per heavy atom. The van der Waals surface area contributed by atoms with E-state index in [2.05, 4.69) is 5.32 Å². The summed E-state index contributed by atoms with van der Waals surface area (Å²) in [6.45, 7) is 1.26. The number of ether oxygens (including phenoxy) is 1. The molecule has 4 rings (SSSR count). The largest absolute Gasteiger partial charge is 0.497 e. The molecule has 1 N–H and O–H groups in total. The molecule has 2 heterocycles. The van der Waals surface area contributed by atoms with Gasteiger partial charge < -0.3 is 19.5 Å². The molecule has 1 fully saturated rings. The summed E-state index contributed by atoms with van der Waals surface area (Å²) in [6.07, 6.45) is 4.54. The first-order chi connectivity index (χ1) is 15.1. The first-order valence-electron chi connectivity index (χ1n) is 10.4. The van der Waals surface area contributed by atoms with Crippen LogP contribution in [0.2, 0.25) is 0 Å². The van der Waals surface area contributed by atoms with Crippen LogP contribution in [0.25, 0.3) is 10.9 Å². The van der Waals surface area contributed by atoms with E-state index in [1.54, 1.807) is 47.0 Å². The highest BCUT2D eigenvalue weighted by atomic mass is 16.5. The summed E-state index contributed by atoms with van der Waals surface area (Å²) in [5.41, 5.74) is 1.73. The van der Waals surface area contributed by atoms with Crippen LogP contribution >= 0.6 is 0 Å². The van der Waals surface area contributed by atoms with Gasteiger partial charge in [-0.1, -0.05) is 18.2 Å². The van der Waals surface area contributed by atoms with Crippen molar-refractivity contribution >= 4 is 34.2 Å². The Hall–Kier alpha value is -3.61. The first-order valence-corrected chi connectivity index (χ1v) is 10.4. The highest BCUT2D eigenvalue weighted by Crippen LogP contribution is 2.23. The fourth-order valence-electron chi connectivity index (χ4n) is 3.94. The van der Waals surface area contributed by atoms with Gasteiger partial charge in [0.15, 0.2) is 0 Å². The predicted octanol–water partition coefficient (Wildman–Crippen LogP) is 3.48. The van der Waals surface area contributed by atoms with Gasteiger partial charge in [0.25, 0.3) is 11.7 Å². The molecule has 1 saturated heterocycles. The summed E-state index contributed by atoms with van der Waals surface area (Å²) in [5, 5.41) is 3.52. The summed E-state index contributed by atoms with van der Waals surface area (Å²) < 4.78 is 6.84. The molecule has 0 saturated carbocycles. The van der Waals surface area contributed by atoms with Gasteiger partial charge in [-0.3, -0.25) is 14.4 Å². The van der Waals surface area contributed by atoms with Gasteiger partial charge in [-0.25, -0.2) is 0 Å². The van der Waals surface area contributed by atoms with Crippen LogP contribution in [0.3, 0.4) is 0 Å². The van der Waals surface area contributed by atoms with Crippen molar-refractivity contribution in [1.82, 2.24) is 9.47 Å². The van der Waals surface area contributed by atoms with Crippen molar-refractivity contribution in [3.05, 3.63) is 60.3 Å². The number of fused-ring (bicyclic) bond motifs is 1. The Labute approximate surface area is 180 Å². The van der Waals surface area contributed by atoms with Crippen LogP contribution in [0.15, 0.2) is 54.7 Å². The van der Waals surface area contributed by atoms with Gasteiger partial charge in [0, 0.05) is 35.9 Å². The number of nitrogens with zero attached hydrogens (tertiary/aromatic N) is 2. The molecule has 7 heteroatoms. The maximum Gasteiger partial charge on any atom is 0.295 e. The minimum absolute atomic E-state index is 0.0255. The van der Waals surface area contributed by atoms with E-state index in [0.717, 1.165) is 24.8 Å². The normalized spacial score (nSPS) is 13.8. The van der Waals surface area contributed by atoms with E-state index in [1.807, 2.05) is 24.3 Å². The number of benzene rings is 2. The van der Waals surface area contributed by atoms with Crippen LogP contribution in [0, 0.1) is 0 Å². The van der Waals surface area contributed by atoms with Crippen molar-refractivity contribution < 1.29 is 19.1 Å². The van der Waals surface area contributed by atoms with E-state index in [-0.39, 0.29) is 12.5 Å². The lowest BCUT2D eigenvalue weighted by Crippen LogP contribution is -2.40. The molecule has 0 atom stereocenters. The summed E-state index contributed by atoms with van der Waals surface area (Å²) in [4.78, 5) is 40.0. The summed E-state index contributed by atoms with van der Waals surface area (Å²) in [6, 6.07) is 14.4. The summed E-state index contributed by atoms with van der Waals surface area (Å²) in [7, 11) is 1.58. The molecule has 7 nitrogen and oxygen atoms in total. The van der Waals surface area contributed by atoms with Crippen molar-refractivity contribution in [3.63, 3.8) is 0 Å². The van der Waals surface area contributed by atoms with E-state index in [9.17, 15) is 14.4 Å². The quantitative estimate of drug-likeness (QED) is 0.490. The number of piperidine rings is 1. The van der Waals surface area contributed by atoms with Gasteiger partial charge in [0.1, 0.15) is 12.3 Å². The number of Topliss-reactive ketones (excluding diaryl/α,β-unsaturated/α-hetero) is 1. The monoisotopic (exact) mass is 419 g/mol. The third-order valence-corrected chi connectivity index (χ3v) is 5.56. The third kappa shape index (κ3) is 4.45. The average molecular weight is 419 g/mol. The number of nitrogens with one attached hydrogen (secondary N) is 1. The zero-order chi connectivity index (χ0) is 21.8. The van der Waals surface area contributed by atoms with Crippen molar-refractivity contribution in [2.45, 2.75) is 25.8 Å². The molecular weight excluding hydrogens is 394 g/mol. The number of likely N-dealkylation sites (tertiary alicyclic amines) is 1. The standard InChI is InChI=1S/C24H25N3O4/c1-31-18-11-9-17(10-12-18)25-22(28)16-27-15-20(19-7-3-4-8-21(19)27)23(29)24(30)26-13-5-2-6-14-26/h3-4,7-12,15H,2,5-6,13-14,16H2,1H3,(H,25,28). The average Bonchev–Trinajstić information content (AvgIpc) is 3.17. The Balaban J connectivity index is 1.55. The summed E-state index contributed by atoms with van der Waals surface area (Å²) in [5.74, 6) is -0.513. The van der Waals surface area contributed by atoms with Gasteiger partial charge in [-0.05, 0) is 49.6 Å². The number of hydrogen-bond donors (Lipinski definition) is 1. The number of amides is 2.